The molecular weight excluding hydrogens is 314 g/mol. The van der Waals surface area contributed by atoms with Gasteiger partial charge in [-0.05, 0) is 43.3 Å². The molecule has 25 heavy (non-hydrogen) atoms. The average molecular weight is 335 g/mol. The van der Waals surface area contributed by atoms with Crippen LogP contribution in [0.3, 0.4) is 0 Å². The highest BCUT2D eigenvalue weighted by Gasteiger charge is 2.29. The van der Waals surface area contributed by atoms with Gasteiger partial charge < -0.3 is 9.15 Å². The van der Waals surface area contributed by atoms with E-state index in [-0.39, 0.29) is 5.41 Å². The highest BCUT2D eigenvalue weighted by Crippen LogP contribution is 2.30. The number of hydrogen-bond acceptors (Lipinski definition) is 4. The van der Waals surface area contributed by atoms with Crippen molar-refractivity contribution in [2.75, 3.05) is 6.61 Å². The molecule has 0 unspecified atom stereocenters. The zero-order valence-electron chi connectivity index (χ0n) is 14.7. The number of aldehydes is 1. The monoisotopic (exact) mass is 335 g/mol. The molecule has 4 heteroatoms. The maximum atomic E-state index is 10.7. The summed E-state index contributed by atoms with van der Waals surface area (Å²) in [6.45, 7) is 6.53. The predicted molar refractivity (Wildman–Crippen MR) is 97.0 cm³/mol. The number of nitrogens with zero attached hydrogens (tertiary/aromatic N) is 1. The van der Waals surface area contributed by atoms with E-state index in [2.05, 4.69) is 13.8 Å². The lowest BCUT2D eigenvalue weighted by atomic mass is 9.89. The molecule has 0 radical (unpaired) electrons. The van der Waals surface area contributed by atoms with Crippen LogP contribution in [-0.2, 0) is 5.41 Å². The average Bonchev–Trinajstić information content (AvgIpc) is 3.04. The standard InChI is InChI=1S/C21H21NO3/c1-15-19(22-20(25-15)17-7-5-4-6-8-17)21(2,3)14-24-18-11-9-16(13-23)10-12-18/h4-13H,14H2,1-3H3. The Morgan fingerprint density at radius 1 is 1.08 bits per heavy atom. The molecule has 0 saturated heterocycles. The van der Waals surface area contributed by atoms with E-state index >= 15 is 0 Å². The van der Waals surface area contributed by atoms with E-state index in [1.807, 2.05) is 37.3 Å². The van der Waals surface area contributed by atoms with Gasteiger partial charge in [0.2, 0.25) is 5.89 Å². The van der Waals surface area contributed by atoms with Gasteiger partial charge >= 0.3 is 0 Å². The highest BCUT2D eigenvalue weighted by atomic mass is 16.5. The van der Waals surface area contributed by atoms with Crippen LogP contribution in [0.5, 0.6) is 5.75 Å². The highest BCUT2D eigenvalue weighted by molar-refractivity contribution is 5.74. The lowest BCUT2D eigenvalue weighted by Crippen LogP contribution is -2.27. The molecular formula is C21H21NO3. The lowest BCUT2D eigenvalue weighted by molar-refractivity contribution is 0.112. The van der Waals surface area contributed by atoms with Gasteiger partial charge in [-0.1, -0.05) is 32.0 Å². The quantitative estimate of drug-likeness (QED) is 0.606. The van der Waals surface area contributed by atoms with E-state index in [4.69, 9.17) is 14.1 Å². The number of aromatic nitrogens is 1. The van der Waals surface area contributed by atoms with Crippen molar-refractivity contribution >= 4 is 6.29 Å². The van der Waals surface area contributed by atoms with Gasteiger partial charge in [-0.15, -0.1) is 0 Å². The van der Waals surface area contributed by atoms with E-state index < -0.39 is 0 Å². The second-order valence-corrected chi connectivity index (χ2v) is 6.65. The minimum atomic E-state index is -0.316. The number of rotatable bonds is 6. The number of ether oxygens (including phenoxy) is 1. The van der Waals surface area contributed by atoms with Crippen LogP contribution in [-0.4, -0.2) is 17.9 Å². The van der Waals surface area contributed by atoms with E-state index in [1.54, 1.807) is 24.3 Å². The van der Waals surface area contributed by atoms with Gasteiger partial charge in [-0.25, -0.2) is 4.98 Å². The summed E-state index contributed by atoms with van der Waals surface area (Å²) in [7, 11) is 0. The van der Waals surface area contributed by atoms with Crippen LogP contribution in [0.4, 0.5) is 0 Å². The lowest BCUT2D eigenvalue weighted by Gasteiger charge is -2.23. The number of carbonyl (C=O) groups is 1. The Bertz CT molecular complexity index is 849. The van der Waals surface area contributed by atoms with Crippen LogP contribution in [0.25, 0.3) is 11.5 Å². The van der Waals surface area contributed by atoms with Crippen LogP contribution in [0, 0.1) is 6.92 Å². The summed E-state index contributed by atoms with van der Waals surface area (Å²) < 4.78 is 11.8. The van der Waals surface area contributed by atoms with Crippen LogP contribution < -0.4 is 4.74 Å². The molecule has 3 aromatic rings. The van der Waals surface area contributed by atoms with Gasteiger partial charge in [0, 0.05) is 16.5 Å². The topological polar surface area (TPSA) is 52.3 Å². The number of aryl methyl sites for hydroxylation is 1. The third-order valence-electron chi connectivity index (χ3n) is 4.07. The van der Waals surface area contributed by atoms with Gasteiger partial charge in [0.25, 0.3) is 0 Å². The maximum absolute atomic E-state index is 10.7. The molecule has 2 aromatic carbocycles. The third kappa shape index (κ3) is 3.79. The predicted octanol–water partition coefficient (Wildman–Crippen LogP) is 4.82. The second-order valence-electron chi connectivity index (χ2n) is 6.65. The number of benzene rings is 2. The summed E-state index contributed by atoms with van der Waals surface area (Å²) in [5.74, 6) is 2.14. The zero-order chi connectivity index (χ0) is 17.9. The summed E-state index contributed by atoms with van der Waals surface area (Å²) in [5.41, 5.74) is 2.16. The molecule has 0 aliphatic heterocycles. The second kappa shape index (κ2) is 6.93. The van der Waals surface area contributed by atoms with Crippen molar-refractivity contribution in [1.82, 2.24) is 4.98 Å². The first-order chi connectivity index (χ1) is 12.0. The SMILES string of the molecule is Cc1oc(-c2ccccc2)nc1C(C)(C)COc1ccc(C=O)cc1. The molecule has 0 atom stereocenters. The van der Waals surface area contributed by atoms with Crippen LogP contribution in [0.1, 0.15) is 35.7 Å². The molecule has 0 aliphatic rings. The Labute approximate surface area is 147 Å². The Morgan fingerprint density at radius 3 is 2.40 bits per heavy atom. The first-order valence-corrected chi connectivity index (χ1v) is 8.21. The molecule has 128 valence electrons. The van der Waals surface area contributed by atoms with Crippen LogP contribution in [0.2, 0.25) is 0 Å². The molecule has 3 rings (SSSR count). The van der Waals surface area contributed by atoms with Gasteiger partial charge in [-0.2, -0.15) is 0 Å². The molecule has 0 spiro atoms. The van der Waals surface area contributed by atoms with E-state index in [0.717, 1.165) is 29.1 Å². The third-order valence-corrected chi connectivity index (χ3v) is 4.07. The number of carbonyl (C=O) groups excluding carboxylic acids is 1. The van der Waals surface area contributed by atoms with Gasteiger partial charge in [0.05, 0.1) is 12.3 Å². The molecule has 1 aromatic heterocycles. The minimum Gasteiger partial charge on any atom is -0.493 e. The van der Waals surface area contributed by atoms with Crippen molar-refractivity contribution in [2.45, 2.75) is 26.2 Å². The number of oxazole rings is 1. The van der Waals surface area contributed by atoms with Gasteiger partial charge in [0.1, 0.15) is 17.8 Å². The van der Waals surface area contributed by atoms with Gasteiger partial charge in [-0.3, -0.25) is 4.79 Å². The fourth-order valence-corrected chi connectivity index (χ4v) is 2.70. The van der Waals surface area contributed by atoms with Crippen molar-refractivity contribution in [2.24, 2.45) is 0 Å². The Kier molecular flexibility index (Phi) is 4.70. The molecule has 1 heterocycles. The molecule has 0 N–H and O–H groups in total. The summed E-state index contributed by atoms with van der Waals surface area (Å²) in [4.78, 5) is 15.4. The first-order valence-electron chi connectivity index (χ1n) is 8.21. The largest absolute Gasteiger partial charge is 0.493 e. The summed E-state index contributed by atoms with van der Waals surface area (Å²) in [6.07, 6.45) is 0.817. The van der Waals surface area contributed by atoms with Crippen molar-refractivity contribution in [3.8, 4) is 17.2 Å². The molecule has 0 bridgehead atoms. The number of hydrogen-bond donors (Lipinski definition) is 0. The van der Waals surface area contributed by atoms with Gasteiger partial charge in [0.15, 0.2) is 0 Å². The molecule has 0 saturated carbocycles. The van der Waals surface area contributed by atoms with Crippen molar-refractivity contribution in [3.05, 3.63) is 71.6 Å². The Morgan fingerprint density at radius 2 is 1.76 bits per heavy atom. The van der Waals surface area contributed by atoms with E-state index in [1.165, 1.54) is 0 Å². The minimum absolute atomic E-state index is 0.316. The van der Waals surface area contributed by atoms with E-state index in [9.17, 15) is 4.79 Å². The van der Waals surface area contributed by atoms with Crippen molar-refractivity contribution < 1.29 is 13.9 Å². The molecule has 4 nitrogen and oxygen atoms in total. The Balaban J connectivity index is 1.77. The summed E-state index contributed by atoms with van der Waals surface area (Å²) in [6, 6.07) is 16.9. The maximum Gasteiger partial charge on any atom is 0.226 e. The first kappa shape index (κ1) is 17.0. The fraction of sp³-hybridized carbons (Fsp3) is 0.238. The zero-order valence-corrected chi connectivity index (χ0v) is 14.7. The van der Waals surface area contributed by atoms with Crippen molar-refractivity contribution in [1.29, 1.82) is 0 Å². The van der Waals surface area contributed by atoms with E-state index in [0.29, 0.717) is 18.1 Å². The molecule has 0 fully saturated rings. The van der Waals surface area contributed by atoms with Crippen molar-refractivity contribution in [3.63, 3.8) is 0 Å². The van der Waals surface area contributed by atoms with Crippen LogP contribution in [0.15, 0.2) is 59.0 Å². The normalized spacial score (nSPS) is 11.3. The summed E-state index contributed by atoms with van der Waals surface area (Å²) >= 11 is 0. The van der Waals surface area contributed by atoms with Crippen LogP contribution >= 0.6 is 0 Å². The fourth-order valence-electron chi connectivity index (χ4n) is 2.70. The Hall–Kier alpha value is -2.88. The molecule has 0 amide bonds. The summed E-state index contributed by atoms with van der Waals surface area (Å²) in [5, 5.41) is 0. The molecule has 0 aliphatic carbocycles. The smallest absolute Gasteiger partial charge is 0.226 e.